The minimum Gasteiger partial charge on any atom is -0.487 e. The minimum absolute atomic E-state index is 0.433. The van der Waals surface area contributed by atoms with Crippen LogP contribution in [0.25, 0.3) is 0 Å². The van der Waals surface area contributed by atoms with Crippen LogP contribution in [0.2, 0.25) is 0 Å². The number of para-hydroxylation sites is 1. The average Bonchev–Trinajstić information content (AvgIpc) is 2.52. The standard InChI is InChI=1S/C16H21N3O/c1-3-12(2)15-6-4-5-7-16(15)20-11-14-10-13(19-17)8-9-18-14/h4-10,12H,3,11,17H2,1-2H3,(H,18,19). The molecule has 1 aromatic carbocycles. The Morgan fingerprint density at radius 2 is 2.10 bits per heavy atom. The summed E-state index contributed by atoms with van der Waals surface area (Å²) in [5.41, 5.74) is 5.52. The number of hydrazine groups is 1. The van der Waals surface area contributed by atoms with Crippen molar-refractivity contribution in [3.05, 3.63) is 53.9 Å². The third-order valence-corrected chi connectivity index (χ3v) is 3.42. The topological polar surface area (TPSA) is 60.2 Å². The first-order valence-corrected chi connectivity index (χ1v) is 6.87. The van der Waals surface area contributed by atoms with Crippen molar-refractivity contribution in [2.24, 2.45) is 5.84 Å². The second-order valence-corrected chi connectivity index (χ2v) is 4.82. The Morgan fingerprint density at radius 3 is 2.85 bits per heavy atom. The van der Waals surface area contributed by atoms with Crippen molar-refractivity contribution in [2.75, 3.05) is 5.43 Å². The van der Waals surface area contributed by atoms with Gasteiger partial charge < -0.3 is 10.2 Å². The largest absolute Gasteiger partial charge is 0.487 e. The lowest BCUT2D eigenvalue weighted by molar-refractivity contribution is 0.296. The molecule has 20 heavy (non-hydrogen) atoms. The van der Waals surface area contributed by atoms with Crippen LogP contribution in [-0.2, 0) is 6.61 Å². The highest BCUT2D eigenvalue weighted by molar-refractivity contribution is 5.42. The third kappa shape index (κ3) is 3.48. The second kappa shape index (κ2) is 6.91. The van der Waals surface area contributed by atoms with Gasteiger partial charge in [0.05, 0.1) is 11.4 Å². The molecule has 0 bridgehead atoms. The van der Waals surface area contributed by atoms with Crippen molar-refractivity contribution in [1.29, 1.82) is 0 Å². The Labute approximate surface area is 120 Å². The number of ether oxygens (including phenoxy) is 1. The summed E-state index contributed by atoms with van der Waals surface area (Å²) in [6.07, 6.45) is 2.81. The van der Waals surface area contributed by atoms with Crippen molar-refractivity contribution >= 4 is 5.69 Å². The Balaban J connectivity index is 2.10. The van der Waals surface area contributed by atoms with Crippen LogP contribution in [-0.4, -0.2) is 4.98 Å². The molecular weight excluding hydrogens is 250 g/mol. The monoisotopic (exact) mass is 271 g/mol. The van der Waals surface area contributed by atoms with Gasteiger partial charge in [-0.1, -0.05) is 32.0 Å². The average molecular weight is 271 g/mol. The van der Waals surface area contributed by atoms with Crippen LogP contribution >= 0.6 is 0 Å². The normalized spacial score (nSPS) is 11.9. The molecule has 3 N–H and O–H groups in total. The lowest BCUT2D eigenvalue weighted by Crippen LogP contribution is -2.08. The fraction of sp³-hybridized carbons (Fsp3) is 0.312. The van der Waals surface area contributed by atoms with Gasteiger partial charge in [0.15, 0.2) is 0 Å². The summed E-state index contributed by atoms with van der Waals surface area (Å²) in [4.78, 5) is 4.28. The molecule has 0 fully saturated rings. The number of anilines is 1. The van der Waals surface area contributed by atoms with Crippen LogP contribution in [0.3, 0.4) is 0 Å². The van der Waals surface area contributed by atoms with Gasteiger partial charge in [0.2, 0.25) is 0 Å². The maximum absolute atomic E-state index is 5.91. The van der Waals surface area contributed by atoms with Gasteiger partial charge in [0.25, 0.3) is 0 Å². The van der Waals surface area contributed by atoms with E-state index in [4.69, 9.17) is 10.6 Å². The Hall–Kier alpha value is -2.07. The van der Waals surface area contributed by atoms with E-state index in [1.165, 1.54) is 5.56 Å². The quantitative estimate of drug-likeness (QED) is 0.624. The number of nitrogen functional groups attached to an aromatic ring is 1. The highest BCUT2D eigenvalue weighted by atomic mass is 16.5. The summed E-state index contributed by atoms with van der Waals surface area (Å²) < 4.78 is 5.91. The highest BCUT2D eigenvalue weighted by Crippen LogP contribution is 2.28. The molecule has 0 amide bonds. The number of nitrogens with one attached hydrogen (secondary N) is 1. The maximum Gasteiger partial charge on any atom is 0.130 e. The van der Waals surface area contributed by atoms with E-state index in [-0.39, 0.29) is 0 Å². The van der Waals surface area contributed by atoms with E-state index in [2.05, 4.69) is 30.3 Å². The van der Waals surface area contributed by atoms with Crippen LogP contribution in [0.5, 0.6) is 5.75 Å². The molecule has 0 radical (unpaired) electrons. The predicted molar refractivity (Wildman–Crippen MR) is 81.5 cm³/mol. The van der Waals surface area contributed by atoms with E-state index >= 15 is 0 Å². The molecule has 0 saturated heterocycles. The molecule has 0 spiro atoms. The summed E-state index contributed by atoms with van der Waals surface area (Å²) in [5.74, 6) is 6.80. The lowest BCUT2D eigenvalue weighted by atomic mass is 9.98. The summed E-state index contributed by atoms with van der Waals surface area (Å²) in [6.45, 7) is 4.82. The molecule has 0 aliphatic carbocycles. The molecule has 1 heterocycles. The molecule has 1 unspecified atom stereocenters. The molecule has 0 saturated carbocycles. The van der Waals surface area contributed by atoms with E-state index in [1.807, 2.05) is 30.3 Å². The number of nitrogens with zero attached hydrogens (tertiary/aromatic N) is 1. The van der Waals surface area contributed by atoms with Crippen molar-refractivity contribution in [3.8, 4) is 5.75 Å². The molecule has 106 valence electrons. The summed E-state index contributed by atoms with van der Waals surface area (Å²) in [7, 11) is 0. The maximum atomic E-state index is 5.91. The lowest BCUT2D eigenvalue weighted by Gasteiger charge is -2.15. The third-order valence-electron chi connectivity index (χ3n) is 3.42. The second-order valence-electron chi connectivity index (χ2n) is 4.82. The van der Waals surface area contributed by atoms with Crippen LogP contribution in [0.4, 0.5) is 5.69 Å². The Morgan fingerprint density at radius 1 is 1.30 bits per heavy atom. The first-order valence-electron chi connectivity index (χ1n) is 6.87. The SMILES string of the molecule is CCC(C)c1ccccc1OCc1cc(NN)ccn1. The zero-order chi connectivity index (χ0) is 14.4. The van der Waals surface area contributed by atoms with Crippen molar-refractivity contribution < 1.29 is 4.74 Å². The highest BCUT2D eigenvalue weighted by Gasteiger charge is 2.09. The van der Waals surface area contributed by atoms with Crippen LogP contribution in [0, 0.1) is 0 Å². The summed E-state index contributed by atoms with van der Waals surface area (Å²) in [5, 5.41) is 0. The van der Waals surface area contributed by atoms with Crippen molar-refractivity contribution in [1.82, 2.24) is 4.98 Å². The smallest absolute Gasteiger partial charge is 0.130 e. The molecule has 0 aliphatic rings. The van der Waals surface area contributed by atoms with Gasteiger partial charge in [-0.25, -0.2) is 0 Å². The van der Waals surface area contributed by atoms with E-state index in [1.54, 1.807) is 6.20 Å². The first kappa shape index (κ1) is 14.3. The first-order chi connectivity index (χ1) is 9.74. The fourth-order valence-corrected chi connectivity index (χ4v) is 2.04. The summed E-state index contributed by atoms with van der Waals surface area (Å²) in [6, 6.07) is 11.9. The van der Waals surface area contributed by atoms with E-state index in [0.29, 0.717) is 12.5 Å². The minimum atomic E-state index is 0.433. The van der Waals surface area contributed by atoms with Crippen molar-refractivity contribution in [3.63, 3.8) is 0 Å². The van der Waals surface area contributed by atoms with Crippen LogP contribution < -0.4 is 16.0 Å². The Kier molecular flexibility index (Phi) is 4.96. The molecule has 2 rings (SSSR count). The Bertz CT molecular complexity index is 557. The number of hydrogen-bond acceptors (Lipinski definition) is 4. The molecule has 4 heteroatoms. The van der Waals surface area contributed by atoms with E-state index in [9.17, 15) is 0 Å². The van der Waals surface area contributed by atoms with Crippen molar-refractivity contribution in [2.45, 2.75) is 32.8 Å². The number of benzene rings is 1. The number of pyridine rings is 1. The number of nitrogens with two attached hydrogens (primary N) is 1. The van der Waals surface area contributed by atoms with Gasteiger partial charge in [-0.3, -0.25) is 10.8 Å². The van der Waals surface area contributed by atoms with Gasteiger partial charge in [0, 0.05) is 6.20 Å². The van der Waals surface area contributed by atoms with E-state index in [0.717, 1.165) is 23.6 Å². The number of hydrogen-bond donors (Lipinski definition) is 2. The zero-order valence-electron chi connectivity index (χ0n) is 12.0. The van der Waals surface area contributed by atoms with Gasteiger partial charge in [0.1, 0.15) is 12.4 Å². The van der Waals surface area contributed by atoms with Gasteiger partial charge in [-0.05, 0) is 36.1 Å². The number of rotatable bonds is 6. The fourth-order valence-electron chi connectivity index (χ4n) is 2.04. The van der Waals surface area contributed by atoms with Gasteiger partial charge in [-0.2, -0.15) is 0 Å². The molecular formula is C16H21N3O. The van der Waals surface area contributed by atoms with E-state index < -0.39 is 0 Å². The predicted octanol–water partition coefficient (Wildman–Crippen LogP) is 3.46. The number of aromatic nitrogens is 1. The zero-order valence-corrected chi connectivity index (χ0v) is 12.0. The molecule has 1 atom stereocenters. The summed E-state index contributed by atoms with van der Waals surface area (Å²) >= 11 is 0. The van der Waals surface area contributed by atoms with Crippen LogP contribution in [0.1, 0.15) is 37.4 Å². The molecule has 2 aromatic rings. The molecule has 1 aromatic heterocycles. The van der Waals surface area contributed by atoms with Gasteiger partial charge >= 0.3 is 0 Å². The molecule has 0 aliphatic heterocycles. The van der Waals surface area contributed by atoms with Crippen LogP contribution in [0.15, 0.2) is 42.6 Å². The molecule has 4 nitrogen and oxygen atoms in total. The van der Waals surface area contributed by atoms with Gasteiger partial charge in [-0.15, -0.1) is 0 Å².